The highest BCUT2D eigenvalue weighted by molar-refractivity contribution is 5.75. The summed E-state index contributed by atoms with van der Waals surface area (Å²) < 4.78 is 5.56. The van der Waals surface area contributed by atoms with E-state index in [1.54, 1.807) is 0 Å². The van der Waals surface area contributed by atoms with Gasteiger partial charge in [0.25, 0.3) is 0 Å². The molecule has 0 saturated carbocycles. The lowest BCUT2D eigenvalue weighted by Crippen LogP contribution is -2.25. The maximum Gasteiger partial charge on any atom is 0.220 e. The molecule has 3 heteroatoms. The largest absolute Gasteiger partial charge is 0.494 e. The van der Waals surface area contributed by atoms with Gasteiger partial charge in [0.05, 0.1) is 6.61 Å². The number of rotatable bonds is 8. The SMILES string of the molecule is Cc1cccc(CCNC(=O)CCCOc2ccccc2)c1. The minimum Gasteiger partial charge on any atom is -0.494 e. The van der Waals surface area contributed by atoms with Crippen LogP contribution in [0.4, 0.5) is 0 Å². The summed E-state index contributed by atoms with van der Waals surface area (Å²) in [7, 11) is 0. The number of aryl methyl sites for hydroxylation is 1. The summed E-state index contributed by atoms with van der Waals surface area (Å²) in [6.45, 7) is 3.33. The van der Waals surface area contributed by atoms with Crippen molar-refractivity contribution in [1.82, 2.24) is 5.32 Å². The van der Waals surface area contributed by atoms with Gasteiger partial charge in [-0.3, -0.25) is 4.79 Å². The van der Waals surface area contributed by atoms with E-state index < -0.39 is 0 Å². The minimum atomic E-state index is 0.0873. The molecule has 0 fully saturated rings. The Balaban J connectivity index is 1.56. The van der Waals surface area contributed by atoms with E-state index in [1.165, 1.54) is 11.1 Å². The monoisotopic (exact) mass is 297 g/mol. The van der Waals surface area contributed by atoms with Gasteiger partial charge in [-0.05, 0) is 37.5 Å². The highest BCUT2D eigenvalue weighted by atomic mass is 16.5. The van der Waals surface area contributed by atoms with E-state index in [1.807, 2.05) is 36.4 Å². The Morgan fingerprint density at radius 3 is 2.68 bits per heavy atom. The van der Waals surface area contributed by atoms with E-state index in [9.17, 15) is 4.79 Å². The molecule has 1 N–H and O–H groups in total. The van der Waals surface area contributed by atoms with Crippen molar-refractivity contribution in [3.8, 4) is 5.75 Å². The van der Waals surface area contributed by atoms with Crippen molar-refractivity contribution in [2.45, 2.75) is 26.2 Å². The Hall–Kier alpha value is -2.29. The summed E-state index contributed by atoms with van der Waals surface area (Å²) in [6, 6.07) is 18.0. The summed E-state index contributed by atoms with van der Waals surface area (Å²) in [5.74, 6) is 0.937. The molecule has 2 aromatic carbocycles. The molecule has 0 atom stereocenters. The van der Waals surface area contributed by atoms with Gasteiger partial charge in [-0.15, -0.1) is 0 Å². The number of para-hydroxylation sites is 1. The van der Waals surface area contributed by atoms with E-state index in [0.29, 0.717) is 19.6 Å². The van der Waals surface area contributed by atoms with E-state index in [4.69, 9.17) is 4.74 Å². The molecule has 0 aliphatic carbocycles. The van der Waals surface area contributed by atoms with Crippen molar-refractivity contribution in [3.05, 3.63) is 65.7 Å². The molecule has 0 radical (unpaired) electrons. The molecule has 0 spiro atoms. The van der Waals surface area contributed by atoms with E-state index in [2.05, 4.69) is 30.4 Å². The minimum absolute atomic E-state index is 0.0873. The van der Waals surface area contributed by atoms with Gasteiger partial charge in [-0.2, -0.15) is 0 Å². The Morgan fingerprint density at radius 2 is 1.91 bits per heavy atom. The fourth-order valence-corrected chi connectivity index (χ4v) is 2.24. The zero-order valence-electron chi connectivity index (χ0n) is 13.0. The van der Waals surface area contributed by atoms with Crippen LogP contribution in [-0.2, 0) is 11.2 Å². The second kappa shape index (κ2) is 8.88. The first kappa shape index (κ1) is 16.1. The van der Waals surface area contributed by atoms with Crippen molar-refractivity contribution in [3.63, 3.8) is 0 Å². The smallest absolute Gasteiger partial charge is 0.220 e. The van der Waals surface area contributed by atoms with Crippen LogP contribution >= 0.6 is 0 Å². The van der Waals surface area contributed by atoms with E-state index in [-0.39, 0.29) is 5.91 Å². The molecule has 2 aromatic rings. The van der Waals surface area contributed by atoms with Gasteiger partial charge in [-0.1, -0.05) is 48.0 Å². The van der Waals surface area contributed by atoms with Gasteiger partial charge in [0.15, 0.2) is 0 Å². The summed E-state index contributed by atoms with van der Waals surface area (Å²) in [5, 5.41) is 2.95. The van der Waals surface area contributed by atoms with E-state index in [0.717, 1.165) is 18.6 Å². The molecule has 116 valence electrons. The molecular weight excluding hydrogens is 274 g/mol. The first-order valence-corrected chi connectivity index (χ1v) is 7.74. The third-order valence-corrected chi connectivity index (χ3v) is 3.38. The van der Waals surface area contributed by atoms with Crippen LogP contribution in [0.5, 0.6) is 5.75 Å². The van der Waals surface area contributed by atoms with Crippen LogP contribution in [0.2, 0.25) is 0 Å². The number of carbonyl (C=O) groups excluding carboxylic acids is 1. The molecule has 0 heterocycles. The van der Waals surface area contributed by atoms with Gasteiger partial charge < -0.3 is 10.1 Å². The van der Waals surface area contributed by atoms with Crippen LogP contribution in [0.3, 0.4) is 0 Å². The first-order chi connectivity index (χ1) is 10.7. The molecule has 0 aliphatic rings. The number of carbonyl (C=O) groups is 1. The van der Waals surface area contributed by atoms with Crippen molar-refractivity contribution < 1.29 is 9.53 Å². The van der Waals surface area contributed by atoms with Crippen LogP contribution in [0, 0.1) is 6.92 Å². The molecule has 0 aliphatic heterocycles. The molecule has 3 nitrogen and oxygen atoms in total. The van der Waals surface area contributed by atoms with Crippen LogP contribution in [0.1, 0.15) is 24.0 Å². The van der Waals surface area contributed by atoms with Crippen LogP contribution in [0.25, 0.3) is 0 Å². The standard InChI is InChI=1S/C19H23NO2/c1-16-7-5-8-17(15-16)12-13-20-19(21)11-6-14-22-18-9-3-2-4-10-18/h2-5,7-10,15H,6,11-14H2,1H3,(H,20,21). The maximum atomic E-state index is 11.7. The van der Waals surface area contributed by atoms with E-state index >= 15 is 0 Å². The Kier molecular flexibility index (Phi) is 6.49. The molecule has 1 amide bonds. The first-order valence-electron chi connectivity index (χ1n) is 7.74. The zero-order chi connectivity index (χ0) is 15.6. The van der Waals surface area contributed by atoms with Gasteiger partial charge in [0.2, 0.25) is 5.91 Å². The molecule has 2 rings (SSSR count). The fourth-order valence-electron chi connectivity index (χ4n) is 2.24. The maximum absolute atomic E-state index is 11.7. The lowest BCUT2D eigenvalue weighted by molar-refractivity contribution is -0.121. The molecule has 22 heavy (non-hydrogen) atoms. The highest BCUT2D eigenvalue weighted by Crippen LogP contribution is 2.08. The predicted octanol–water partition coefficient (Wildman–Crippen LogP) is 3.51. The van der Waals surface area contributed by atoms with Gasteiger partial charge in [0, 0.05) is 13.0 Å². The fraction of sp³-hybridized carbons (Fsp3) is 0.316. The quantitative estimate of drug-likeness (QED) is 0.757. The third kappa shape index (κ3) is 6.00. The zero-order valence-corrected chi connectivity index (χ0v) is 13.0. The summed E-state index contributed by atoms with van der Waals surface area (Å²) >= 11 is 0. The van der Waals surface area contributed by atoms with Crippen LogP contribution in [0.15, 0.2) is 54.6 Å². The normalized spacial score (nSPS) is 10.2. The number of nitrogens with one attached hydrogen (secondary N) is 1. The van der Waals surface area contributed by atoms with Crippen molar-refractivity contribution in [2.75, 3.05) is 13.2 Å². The highest BCUT2D eigenvalue weighted by Gasteiger charge is 2.01. The number of ether oxygens (including phenoxy) is 1. The molecule has 0 aromatic heterocycles. The van der Waals surface area contributed by atoms with Crippen molar-refractivity contribution in [1.29, 1.82) is 0 Å². The third-order valence-electron chi connectivity index (χ3n) is 3.38. The number of hydrogen-bond acceptors (Lipinski definition) is 2. The van der Waals surface area contributed by atoms with Gasteiger partial charge in [0.1, 0.15) is 5.75 Å². The molecule has 0 bridgehead atoms. The Morgan fingerprint density at radius 1 is 1.09 bits per heavy atom. The van der Waals surface area contributed by atoms with Gasteiger partial charge >= 0.3 is 0 Å². The Labute approximate surface area is 132 Å². The lowest BCUT2D eigenvalue weighted by atomic mass is 10.1. The molecule has 0 saturated heterocycles. The average molecular weight is 297 g/mol. The van der Waals surface area contributed by atoms with Gasteiger partial charge in [-0.25, -0.2) is 0 Å². The van der Waals surface area contributed by atoms with Crippen molar-refractivity contribution in [2.24, 2.45) is 0 Å². The summed E-state index contributed by atoms with van der Waals surface area (Å²) in [4.78, 5) is 11.7. The van der Waals surface area contributed by atoms with Crippen molar-refractivity contribution >= 4 is 5.91 Å². The second-order valence-electron chi connectivity index (χ2n) is 5.35. The number of amides is 1. The predicted molar refractivity (Wildman–Crippen MR) is 89.1 cm³/mol. The number of benzene rings is 2. The summed E-state index contributed by atoms with van der Waals surface area (Å²) in [6.07, 6.45) is 2.10. The molecular formula is C19H23NO2. The second-order valence-corrected chi connectivity index (χ2v) is 5.35. The summed E-state index contributed by atoms with van der Waals surface area (Å²) in [5.41, 5.74) is 2.51. The lowest BCUT2D eigenvalue weighted by Gasteiger charge is -2.07. The molecule has 0 unspecified atom stereocenters. The number of hydrogen-bond donors (Lipinski definition) is 1. The van der Waals surface area contributed by atoms with Crippen LogP contribution in [-0.4, -0.2) is 19.1 Å². The Bertz CT molecular complexity index is 581. The van der Waals surface area contributed by atoms with Crippen LogP contribution < -0.4 is 10.1 Å². The average Bonchev–Trinajstić information content (AvgIpc) is 2.53. The topological polar surface area (TPSA) is 38.3 Å².